The minimum absolute atomic E-state index is 0.0514. The van der Waals surface area contributed by atoms with Gasteiger partial charge in [0.15, 0.2) is 0 Å². The van der Waals surface area contributed by atoms with E-state index in [4.69, 9.17) is 0 Å². The molecule has 1 aromatic carbocycles. The zero-order valence-electron chi connectivity index (χ0n) is 18.1. The lowest BCUT2D eigenvalue weighted by atomic mass is 9.84. The molecular weight excluding hydrogens is 374 g/mol. The van der Waals surface area contributed by atoms with Crippen molar-refractivity contribution in [2.75, 3.05) is 13.1 Å². The van der Waals surface area contributed by atoms with E-state index in [0.717, 1.165) is 38.6 Å². The molecule has 160 valence electrons. The molecule has 1 saturated carbocycles. The van der Waals surface area contributed by atoms with Gasteiger partial charge in [-0.05, 0) is 51.0 Å². The highest BCUT2D eigenvalue weighted by atomic mass is 16.2. The van der Waals surface area contributed by atoms with Crippen LogP contribution in [0.15, 0.2) is 24.3 Å². The van der Waals surface area contributed by atoms with Gasteiger partial charge in [-0.25, -0.2) is 0 Å². The van der Waals surface area contributed by atoms with Crippen LogP contribution in [0.2, 0.25) is 0 Å². The van der Waals surface area contributed by atoms with E-state index in [1.54, 1.807) is 0 Å². The number of benzene rings is 1. The molecule has 3 atom stereocenters. The second-order valence-electron chi connectivity index (χ2n) is 9.47. The molecule has 0 N–H and O–H groups in total. The first-order valence-corrected chi connectivity index (χ1v) is 11.6. The molecular formula is C25H33N3O2. The van der Waals surface area contributed by atoms with Crippen LogP contribution in [-0.4, -0.2) is 46.8 Å². The smallest absolute Gasteiger partial charge is 0.222 e. The zero-order valence-corrected chi connectivity index (χ0v) is 18.1. The fourth-order valence-electron chi connectivity index (χ4n) is 5.78. The number of hydrogen-bond donors (Lipinski definition) is 0. The fraction of sp³-hybridized carbons (Fsp3) is 0.640. The van der Waals surface area contributed by atoms with Crippen molar-refractivity contribution in [3.63, 3.8) is 0 Å². The minimum atomic E-state index is -0.148. The van der Waals surface area contributed by atoms with Gasteiger partial charge in [-0.3, -0.25) is 9.59 Å². The Labute approximate surface area is 180 Å². The summed E-state index contributed by atoms with van der Waals surface area (Å²) in [5.74, 6) is 0.532. The highest BCUT2D eigenvalue weighted by Gasteiger charge is 2.61. The molecule has 5 rings (SSSR count). The number of fused-ring (bicyclic) bond motifs is 1. The van der Waals surface area contributed by atoms with Crippen molar-refractivity contribution in [2.24, 2.45) is 5.92 Å². The number of hydrogen-bond acceptors (Lipinski definition) is 3. The summed E-state index contributed by atoms with van der Waals surface area (Å²) in [4.78, 5) is 26.7. The Morgan fingerprint density at radius 1 is 1.17 bits per heavy atom. The Morgan fingerprint density at radius 3 is 2.67 bits per heavy atom. The average Bonchev–Trinajstić information content (AvgIpc) is 3.27. The number of carbonyl (C=O) groups is 2. The normalized spacial score (nSPS) is 29.3. The van der Waals surface area contributed by atoms with Crippen LogP contribution in [0, 0.1) is 24.2 Å². The van der Waals surface area contributed by atoms with E-state index in [1.807, 2.05) is 11.0 Å². The topological polar surface area (TPSA) is 64.4 Å². The third kappa shape index (κ3) is 3.97. The van der Waals surface area contributed by atoms with E-state index >= 15 is 0 Å². The van der Waals surface area contributed by atoms with Crippen molar-refractivity contribution < 1.29 is 9.59 Å². The molecule has 1 aromatic rings. The largest absolute Gasteiger partial charge is 0.340 e. The maximum absolute atomic E-state index is 11.6. The second kappa shape index (κ2) is 8.79. The van der Waals surface area contributed by atoms with Crippen LogP contribution >= 0.6 is 0 Å². The van der Waals surface area contributed by atoms with E-state index < -0.39 is 0 Å². The molecule has 1 unspecified atom stereocenters. The lowest BCUT2D eigenvalue weighted by Gasteiger charge is -2.26. The van der Waals surface area contributed by atoms with Crippen LogP contribution in [0.4, 0.5) is 0 Å². The van der Waals surface area contributed by atoms with Gasteiger partial charge in [-0.2, -0.15) is 5.26 Å². The Kier molecular flexibility index (Phi) is 6.13. The van der Waals surface area contributed by atoms with Crippen LogP contribution in [-0.2, 0) is 9.59 Å². The Bertz CT molecular complexity index is 826. The SMILES string of the molecule is Cc1cccc([C@H]2CN(C=O)C3(CC3)C2C#N)c1.O=C1CCCCC[C@H]2CCCN12. The first kappa shape index (κ1) is 20.9. The number of rotatable bonds is 2. The quantitative estimate of drug-likeness (QED) is 0.692. The van der Waals surface area contributed by atoms with Crippen LogP contribution in [0.5, 0.6) is 0 Å². The molecule has 1 aliphatic carbocycles. The molecule has 5 nitrogen and oxygen atoms in total. The Balaban J connectivity index is 0.000000158. The number of amides is 2. The summed E-state index contributed by atoms with van der Waals surface area (Å²) in [7, 11) is 0. The lowest BCUT2D eigenvalue weighted by Crippen LogP contribution is -2.36. The number of likely N-dealkylation sites (tertiary alicyclic amines) is 1. The standard InChI is InChI=1S/C15H16N2O.C10H17NO/c1-11-3-2-4-12(7-11)13-9-17(10-18)15(5-6-15)14(13)8-16;12-10-7-3-1-2-5-9-6-4-8-11(9)10/h2-4,7,10,13-14H,5-6,9H2,1H3;9H,1-8H2/t13-,14?;9-/m10/s1. The molecule has 4 fully saturated rings. The van der Waals surface area contributed by atoms with Crippen molar-refractivity contribution in [1.29, 1.82) is 5.26 Å². The van der Waals surface area contributed by atoms with Crippen molar-refractivity contribution in [3.05, 3.63) is 35.4 Å². The van der Waals surface area contributed by atoms with E-state index in [0.29, 0.717) is 18.5 Å². The average molecular weight is 408 g/mol. The highest BCUT2D eigenvalue weighted by Crippen LogP contribution is 2.56. The number of aryl methyl sites for hydroxylation is 1. The number of nitriles is 1. The van der Waals surface area contributed by atoms with Gasteiger partial charge in [-0.1, -0.05) is 42.7 Å². The molecule has 5 heteroatoms. The summed E-state index contributed by atoms with van der Waals surface area (Å²) in [6.07, 6.45) is 11.1. The van der Waals surface area contributed by atoms with Crippen LogP contribution in [0.3, 0.4) is 0 Å². The Morgan fingerprint density at radius 2 is 1.97 bits per heavy atom. The fourth-order valence-corrected chi connectivity index (χ4v) is 5.78. The molecule has 2 amide bonds. The summed E-state index contributed by atoms with van der Waals surface area (Å²) in [6, 6.07) is 11.4. The van der Waals surface area contributed by atoms with E-state index in [2.05, 4.69) is 36.1 Å². The molecule has 3 saturated heterocycles. The van der Waals surface area contributed by atoms with E-state index in [9.17, 15) is 14.9 Å². The molecule has 0 bridgehead atoms. The molecule has 4 aliphatic rings. The molecule has 3 heterocycles. The summed E-state index contributed by atoms with van der Waals surface area (Å²) in [6.45, 7) is 3.78. The third-order valence-corrected chi connectivity index (χ3v) is 7.57. The van der Waals surface area contributed by atoms with Gasteiger partial charge >= 0.3 is 0 Å². The van der Waals surface area contributed by atoms with Gasteiger partial charge in [0.2, 0.25) is 12.3 Å². The third-order valence-electron chi connectivity index (χ3n) is 7.57. The summed E-state index contributed by atoms with van der Waals surface area (Å²) < 4.78 is 0. The zero-order chi connectivity index (χ0) is 21.1. The summed E-state index contributed by atoms with van der Waals surface area (Å²) >= 11 is 0. The monoisotopic (exact) mass is 407 g/mol. The maximum Gasteiger partial charge on any atom is 0.222 e. The van der Waals surface area contributed by atoms with Gasteiger partial charge in [0.05, 0.1) is 17.5 Å². The van der Waals surface area contributed by atoms with Crippen LogP contribution in [0.1, 0.15) is 74.8 Å². The van der Waals surface area contributed by atoms with Gasteiger partial charge in [-0.15, -0.1) is 0 Å². The number of carbonyl (C=O) groups excluding carboxylic acids is 2. The van der Waals surface area contributed by atoms with Gasteiger partial charge in [0.1, 0.15) is 0 Å². The van der Waals surface area contributed by atoms with E-state index in [1.165, 1.54) is 43.2 Å². The lowest BCUT2D eigenvalue weighted by molar-refractivity contribution is -0.132. The van der Waals surface area contributed by atoms with Crippen molar-refractivity contribution in [1.82, 2.24) is 9.80 Å². The first-order chi connectivity index (χ1) is 14.6. The van der Waals surface area contributed by atoms with Gasteiger partial charge < -0.3 is 9.80 Å². The number of nitrogens with zero attached hydrogens (tertiary/aromatic N) is 3. The van der Waals surface area contributed by atoms with E-state index in [-0.39, 0.29) is 17.4 Å². The summed E-state index contributed by atoms with van der Waals surface area (Å²) in [5, 5.41) is 9.46. The Hall–Kier alpha value is -2.35. The molecule has 0 radical (unpaired) electrons. The maximum atomic E-state index is 11.6. The molecule has 30 heavy (non-hydrogen) atoms. The predicted octanol–water partition coefficient (Wildman–Crippen LogP) is 4.16. The van der Waals surface area contributed by atoms with Crippen LogP contribution < -0.4 is 0 Å². The van der Waals surface area contributed by atoms with Gasteiger partial charge in [0, 0.05) is 31.5 Å². The molecule has 0 aromatic heterocycles. The van der Waals surface area contributed by atoms with Gasteiger partial charge in [0.25, 0.3) is 0 Å². The molecule has 1 spiro atoms. The predicted molar refractivity (Wildman–Crippen MR) is 116 cm³/mol. The van der Waals surface area contributed by atoms with Crippen molar-refractivity contribution in [3.8, 4) is 6.07 Å². The first-order valence-electron chi connectivity index (χ1n) is 11.6. The van der Waals surface area contributed by atoms with Crippen molar-refractivity contribution >= 4 is 12.3 Å². The van der Waals surface area contributed by atoms with Crippen LogP contribution in [0.25, 0.3) is 0 Å². The highest BCUT2D eigenvalue weighted by molar-refractivity contribution is 5.76. The molecule has 3 aliphatic heterocycles. The van der Waals surface area contributed by atoms with Crippen molar-refractivity contribution in [2.45, 2.75) is 82.2 Å². The second-order valence-corrected chi connectivity index (χ2v) is 9.47. The minimum Gasteiger partial charge on any atom is -0.340 e. The summed E-state index contributed by atoms with van der Waals surface area (Å²) in [5.41, 5.74) is 2.25.